The summed E-state index contributed by atoms with van der Waals surface area (Å²) >= 11 is 0. The second-order valence-electron chi connectivity index (χ2n) is 4.18. The van der Waals surface area contributed by atoms with Gasteiger partial charge in [-0.05, 0) is 37.0 Å². The molecule has 2 N–H and O–H groups in total. The molecule has 74 valence electrons. The lowest BCUT2D eigenvalue weighted by molar-refractivity contribution is 0.625. The van der Waals surface area contributed by atoms with Gasteiger partial charge in [-0.15, -0.1) is 0 Å². The Labute approximate surface area is 82.5 Å². The van der Waals surface area contributed by atoms with Gasteiger partial charge in [-0.2, -0.15) is 0 Å². The van der Waals surface area contributed by atoms with Gasteiger partial charge in [0, 0.05) is 11.7 Å². The molecule has 2 nitrogen and oxygen atoms in total. The zero-order chi connectivity index (χ0) is 9.71. The van der Waals surface area contributed by atoms with Gasteiger partial charge in [0.05, 0.1) is 6.17 Å². The first-order valence-electron chi connectivity index (χ1n) is 5.08. The molecule has 0 bridgehead atoms. The van der Waals surface area contributed by atoms with E-state index < -0.39 is 0 Å². The van der Waals surface area contributed by atoms with Gasteiger partial charge < -0.3 is 10.6 Å². The summed E-state index contributed by atoms with van der Waals surface area (Å²) in [6, 6.07) is 5.55. The van der Waals surface area contributed by atoms with E-state index in [0.717, 1.165) is 24.9 Å². The fourth-order valence-corrected chi connectivity index (χ4v) is 2.69. The SMILES string of the molecule is NC1CCC2Cc3ccc(F)cc3N12. The number of anilines is 1. The van der Waals surface area contributed by atoms with Crippen LogP contribution in [0.25, 0.3) is 0 Å². The number of fused-ring (bicyclic) bond motifs is 3. The third kappa shape index (κ3) is 0.989. The van der Waals surface area contributed by atoms with E-state index in [1.807, 2.05) is 6.07 Å². The lowest BCUT2D eigenvalue weighted by atomic mass is 10.1. The molecule has 1 aromatic carbocycles. The van der Waals surface area contributed by atoms with Crippen LogP contribution in [0.3, 0.4) is 0 Å². The van der Waals surface area contributed by atoms with E-state index in [4.69, 9.17) is 5.73 Å². The zero-order valence-corrected chi connectivity index (χ0v) is 7.91. The monoisotopic (exact) mass is 192 g/mol. The minimum Gasteiger partial charge on any atom is -0.353 e. The molecule has 0 aromatic heterocycles. The number of hydrogen-bond donors (Lipinski definition) is 1. The fraction of sp³-hybridized carbons (Fsp3) is 0.455. The van der Waals surface area contributed by atoms with Gasteiger partial charge in [0.25, 0.3) is 0 Å². The van der Waals surface area contributed by atoms with Crippen LogP contribution in [0.2, 0.25) is 0 Å². The highest BCUT2D eigenvalue weighted by Crippen LogP contribution is 2.39. The van der Waals surface area contributed by atoms with E-state index in [0.29, 0.717) is 6.04 Å². The normalized spacial score (nSPS) is 29.1. The van der Waals surface area contributed by atoms with Crippen LogP contribution in [0.4, 0.5) is 10.1 Å². The van der Waals surface area contributed by atoms with Crippen molar-refractivity contribution in [3.8, 4) is 0 Å². The molecule has 1 aromatic rings. The average Bonchev–Trinajstić information content (AvgIpc) is 2.67. The Balaban J connectivity index is 2.09. The highest BCUT2D eigenvalue weighted by molar-refractivity contribution is 5.61. The first-order valence-corrected chi connectivity index (χ1v) is 5.08. The molecule has 2 aliphatic heterocycles. The summed E-state index contributed by atoms with van der Waals surface area (Å²) in [4.78, 5) is 2.18. The number of hydrogen-bond acceptors (Lipinski definition) is 2. The van der Waals surface area contributed by atoms with Crippen molar-refractivity contribution in [2.45, 2.75) is 31.5 Å². The van der Waals surface area contributed by atoms with Crippen LogP contribution in [-0.2, 0) is 6.42 Å². The fourth-order valence-electron chi connectivity index (χ4n) is 2.69. The highest BCUT2D eigenvalue weighted by atomic mass is 19.1. The molecule has 2 heterocycles. The van der Waals surface area contributed by atoms with Crippen molar-refractivity contribution in [1.82, 2.24) is 0 Å². The molecule has 0 aliphatic carbocycles. The van der Waals surface area contributed by atoms with Crippen LogP contribution in [0.15, 0.2) is 18.2 Å². The van der Waals surface area contributed by atoms with Gasteiger partial charge in [0.15, 0.2) is 0 Å². The molecule has 2 atom stereocenters. The molecule has 0 spiro atoms. The van der Waals surface area contributed by atoms with Gasteiger partial charge in [-0.3, -0.25) is 0 Å². The molecule has 1 saturated heterocycles. The predicted octanol–water partition coefficient (Wildman–Crippen LogP) is 1.64. The maximum absolute atomic E-state index is 13.1. The summed E-state index contributed by atoms with van der Waals surface area (Å²) in [5.74, 6) is -0.163. The smallest absolute Gasteiger partial charge is 0.125 e. The summed E-state index contributed by atoms with van der Waals surface area (Å²) in [7, 11) is 0. The molecule has 1 fully saturated rings. The number of rotatable bonds is 0. The summed E-state index contributed by atoms with van der Waals surface area (Å²) in [6.07, 6.45) is 3.28. The lowest BCUT2D eigenvalue weighted by Crippen LogP contribution is -2.39. The summed E-state index contributed by atoms with van der Waals surface area (Å²) < 4.78 is 13.1. The van der Waals surface area contributed by atoms with Crippen molar-refractivity contribution in [2.24, 2.45) is 5.73 Å². The minimum atomic E-state index is -0.163. The van der Waals surface area contributed by atoms with Crippen LogP contribution in [0, 0.1) is 5.82 Å². The molecule has 3 rings (SSSR count). The quantitative estimate of drug-likeness (QED) is 0.677. The summed E-state index contributed by atoms with van der Waals surface area (Å²) in [5.41, 5.74) is 8.24. The van der Waals surface area contributed by atoms with Crippen LogP contribution in [0.5, 0.6) is 0 Å². The number of nitrogens with two attached hydrogens (primary N) is 1. The van der Waals surface area contributed by atoms with Gasteiger partial charge in [-0.1, -0.05) is 6.07 Å². The molecule has 0 saturated carbocycles. The Bertz CT molecular complexity index is 378. The van der Waals surface area contributed by atoms with Crippen molar-refractivity contribution in [1.29, 1.82) is 0 Å². The molecular weight excluding hydrogens is 179 g/mol. The van der Waals surface area contributed by atoms with Gasteiger partial charge in [0.1, 0.15) is 5.82 Å². The van der Waals surface area contributed by atoms with Crippen molar-refractivity contribution in [2.75, 3.05) is 4.90 Å². The van der Waals surface area contributed by atoms with E-state index in [1.165, 1.54) is 11.6 Å². The van der Waals surface area contributed by atoms with Crippen molar-refractivity contribution in [3.05, 3.63) is 29.6 Å². The lowest BCUT2D eigenvalue weighted by Gasteiger charge is -2.24. The average molecular weight is 192 g/mol. The van der Waals surface area contributed by atoms with Crippen LogP contribution in [-0.4, -0.2) is 12.2 Å². The number of halogens is 1. The van der Waals surface area contributed by atoms with Crippen molar-refractivity contribution >= 4 is 5.69 Å². The van der Waals surface area contributed by atoms with E-state index >= 15 is 0 Å². The molecule has 14 heavy (non-hydrogen) atoms. The topological polar surface area (TPSA) is 29.3 Å². The standard InChI is InChI=1S/C11H13FN2/c12-8-2-1-7-5-9-3-4-11(13)14(9)10(7)6-8/h1-2,6,9,11H,3-5,13H2. The molecule has 2 aliphatic rings. The Hall–Kier alpha value is -1.09. The Morgan fingerprint density at radius 2 is 2.21 bits per heavy atom. The zero-order valence-electron chi connectivity index (χ0n) is 7.91. The van der Waals surface area contributed by atoms with Crippen molar-refractivity contribution < 1.29 is 4.39 Å². The Kier molecular flexibility index (Phi) is 1.59. The van der Waals surface area contributed by atoms with Crippen LogP contribution < -0.4 is 10.6 Å². The maximum Gasteiger partial charge on any atom is 0.125 e. The highest BCUT2D eigenvalue weighted by Gasteiger charge is 2.37. The third-order valence-electron chi connectivity index (χ3n) is 3.33. The number of nitrogens with zero attached hydrogens (tertiary/aromatic N) is 1. The van der Waals surface area contributed by atoms with Gasteiger partial charge in [-0.25, -0.2) is 4.39 Å². The minimum absolute atomic E-state index is 0.0862. The Morgan fingerprint density at radius 1 is 1.36 bits per heavy atom. The van der Waals surface area contributed by atoms with Crippen LogP contribution >= 0.6 is 0 Å². The first-order chi connectivity index (χ1) is 6.75. The maximum atomic E-state index is 13.1. The largest absolute Gasteiger partial charge is 0.353 e. The van der Waals surface area contributed by atoms with E-state index in [-0.39, 0.29) is 12.0 Å². The van der Waals surface area contributed by atoms with E-state index in [1.54, 1.807) is 6.07 Å². The Morgan fingerprint density at radius 3 is 3.07 bits per heavy atom. The third-order valence-corrected chi connectivity index (χ3v) is 3.33. The van der Waals surface area contributed by atoms with E-state index in [2.05, 4.69) is 4.90 Å². The van der Waals surface area contributed by atoms with Crippen molar-refractivity contribution in [3.63, 3.8) is 0 Å². The van der Waals surface area contributed by atoms with E-state index in [9.17, 15) is 4.39 Å². The predicted molar refractivity (Wildman–Crippen MR) is 53.6 cm³/mol. The second-order valence-corrected chi connectivity index (χ2v) is 4.18. The number of benzene rings is 1. The molecular formula is C11H13FN2. The summed E-state index contributed by atoms with van der Waals surface area (Å²) in [5, 5.41) is 0. The molecule has 2 unspecified atom stereocenters. The second kappa shape index (κ2) is 2.70. The van der Waals surface area contributed by atoms with Gasteiger partial charge in [0.2, 0.25) is 0 Å². The van der Waals surface area contributed by atoms with Crippen LogP contribution in [0.1, 0.15) is 18.4 Å². The summed E-state index contributed by atoms with van der Waals surface area (Å²) in [6.45, 7) is 0. The molecule has 0 radical (unpaired) electrons. The molecule has 3 heteroatoms. The first kappa shape index (κ1) is 8.24. The molecule has 0 amide bonds. The van der Waals surface area contributed by atoms with Gasteiger partial charge >= 0.3 is 0 Å².